The van der Waals surface area contributed by atoms with Crippen molar-refractivity contribution in [3.63, 3.8) is 0 Å². The van der Waals surface area contributed by atoms with Crippen molar-refractivity contribution in [1.82, 2.24) is 4.40 Å². The maximum atomic E-state index is 13.4. The van der Waals surface area contributed by atoms with Crippen molar-refractivity contribution in [3.8, 4) is 16.9 Å². The molecule has 26 heavy (non-hydrogen) atoms. The lowest BCUT2D eigenvalue weighted by Crippen LogP contribution is -2.06. The van der Waals surface area contributed by atoms with Gasteiger partial charge < -0.3 is 9.51 Å². The van der Waals surface area contributed by atoms with Gasteiger partial charge in [-0.3, -0.25) is 4.79 Å². The Balaban J connectivity index is 2.00. The molecule has 128 valence electrons. The lowest BCUT2D eigenvalue weighted by Gasteiger charge is -2.07. The van der Waals surface area contributed by atoms with Gasteiger partial charge in [0.1, 0.15) is 17.3 Å². The molecule has 0 amide bonds. The summed E-state index contributed by atoms with van der Waals surface area (Å²) in [6.07, 6.45) is 1.82. The predicted octanol–water partition coefficient (Wildman–Crippen LogP) is 5.44. The van der Waals surface area contributed by atoms with Gasteiger partial charge in [0.25, 0.3) is 0 Å². The molecule has 0 aliphatic carbocycles. The molecule has 1 N–H and O–H groups in total. The lowest BCUT2D eigenvalue weighted by molar-refractivity contribution is 0.103. The summed E-state index contributed by atoms with van der Waals surface area (Å²) < 4.78 is 15.9. The fourth-order valence-corrected chi connectivity index (χ4v) is 3.76. The molecule has 3 nitrogen and oxygen atoms in total. The van der Waals surface area contributed by atoms with Crippen LogP contribution in [0.1, 0.15) is 16.1 Å². The third kappa shape index (κ3) is 2.70. The number of rotatable bonds is 3. The van der Waals surface area contributed by atoms with Gasteiger partial charge in [-0.05, 0) is 70.0 Å². The van der Waals surface area contributed by atoms with E-state index < -0.39 is 0 Å². The number of aromatic nitrogens is 1. The number of nitrogens with zero attached hydrogens (tertiary/aromatic N) is 1. The van der Waals surface area contributed by atoms with Gasteiger partial charge in [-0.15, -0.1) is 0 Å². The number of aromatic hydroxyl groups is 1. The number of ketones is 1. The fraction of sp³-hybridized carbons (Fsp3) is 0. The molecule has 0 radical (unpaired) electrons. The highest BCUT2D eigenvalue weighted by Crippen LogP contribution is 2.38. The third-order valence-electron chi connectivity index (χ3n) is 4.26. The second-order valence-electron chi connectivity index (χ2n) is 5.88. The number of hydrogen-bond acceptors (Lipinski definition) is 2. The summed E-state index contributed by atoms with van der Waals surface area (Å²) in [5.41, 5.74) is 3.22. The van der Waals surface area contributed by atoms with E-state index in [0.29, 0.717) is 16.8 Å². The molecule has 0 unspecified atom stereocenters. The lowest BCUT2D eigenvalue weighted by atomic mass is 10.00. The molecule has 0 aliphatic heterocycles. The fourth-order valence-electron chi connectivity index (χ4n) is 3.02. The minimum atomic E-state index is -0.333. The van der Waals surface area contributed by atoms with Gasteiger partial charge in [0.15, 0.2) is 0 Å². The van der Waals surface area contributed by atoms with E-state index in [1.807, 2.05) is 28.8 Å². The molecule has 0 spiro atoms. The van der Waals surface area contributed by atoms with Gasteiger partial charge >= 0.3 is 0 Å². The Hall–Kier alpha value is -2.92. The van der Waals surface area contributed by atoms with Crippen molar-refractivity contribution >= 4 is 27.2 Å². The van der Waals surface area contributed by atoms with Crippen LogP contribution in [0.3, 0.4) is 0 Å². The topological polar surface area (TPSA) is 41.7 Å². The molecule has 0 saturated heterocycles. The third-order valence-corrected chi connectivity index (χ3v) is 5.06. The second-order valence-corrected chi connectivity index (χ2v) is 6.67. The number of benzene rings is 2. The number of fused-ring (bicyclic) bond motifs is 1. The van der Waals surface area contributed by atoms with Crippen LogP contribution in [-0.2, 0) is 0 Å². The Kier molecular flexibility index (Phi) is 4.09. The maximum Gasteiger partial charge on any atom is 0.210 e. The van der Waals surface area contributed by atoms with Gasteiger partial charge in [0, 0.05) is 17.3 Å². The summed E-state index contributed by atoms with van der Waals surface area (Å²) in [6.45, 7) is 0. The Morgan fingerprint density at radius 3 is 2.35 bits per heavy atom. The molecular formula is C21H13BrFNO2. The van der Waals surface area contributed by atoms with Crippen LogP contribution in [0.5, 0.6) is 5.75 Å². The van der Waals surface area contributed by atoms with Crippen molar-refractivity contribution in [1.29, 1.82) is 0 Å². The minimum absolute atomic E-state index is 0.0986. The zero-order valence-electron chi connectivity index (χ0n) is 13.5. The molecule has 5 heteroatoms. The molecular weight excluding hydrogens is 397 g/mol. The van der Waals surface area contributed by atoms with Crippen molar-refractivity contribution < 1.29 is 14.3 Å². The molecule has 2 aromatic carbocycles. The Morgan fingerprint density at radius 2 is 1.65 bits per heavy atom. The van der Waals surface area contributed by atoms with Crippen molar-refractivity contribution in [2.75, 3.05) is 0 Å². The number of carbonyl (C=O) groups is 1. The Labute approximate surface area is 157 Å². The molecule has 4 rings (SSSR count). The Morgan fingerprint density at radius 1 is 0.962 bits per heavy atom. The van der Waals surface area contributed by atoms with Crippen molar-refractivity contribution in [3.05, 3.63) is 94.5 Å². The van der Waals surface area contributed by atoms with Crippen molar-refractivity contribution in [2.24, 2.45) is 0 Å². The van der Waals surface area contributed by atoms with Crippen LogP contribution >= 0.6 is 15.9 Å². The first-order valence-corrected chi connectivity index (χ1v) is 8.74. The summed E-state index contributed by atoms with van der Waals surface area (Å²) in [5, 5.41) is 9.48. The summed E-state index contributed by atoms with van der Waals surface area (Å²) in [5.74, 6) is -0.419. The van der Waals surface area contributed by atoms with E-state index in [-0.39, 0.29) is 17.3 Å². The van der Waals surface area contributed by atoms with Gasteiger partial charge in [-0.1, -0.05) is 18.2 Å². The minimum Gasteiger partial charge on any atom is -0.508 e. The summed E-state index contributed by atoms with van der Waals surface area (Å²) in [6, 6.07) is 17.8. The summed E-state index contributed by atoms with van der Waals surface area (Å²) >= 11 is 3.60. The van der Waals surface area contributed by atoms with Crippen LogP contribution in [0, 0.1) is 5.82 Å². The van der Waals surface area contributed by atoms with Crippen LogP contribution in [0.25, 0.3) is 16.6 Å². The van der Waals surface area contributed by atoms with Gasteiger partial charge in [0.05, 0.1) is 9.99 Å². The molecule has 0 atom stereocenters. The van der Waals surface area contributed by atoms with E-state index in [4.69, 9.17) is 0 Å². The van der Waals surface area contributed by atoms with E-state index in [9.17, 15) is 14.3 Å². The highest BCUT2D eigenvalue weighted by molar-refractivity contribution is 9.10. The Bertz CT molecular complexity index is 1120. The van der Waals surface area contributed by atoms with E-state index in [1.165, 1.54) is 24.3 Å². The van der Waals surface area contributed by atoms with E-state index in [0.717, 1.165) is 15.6 Å². The first-order valence-electron chi connectivity index (χ1n) is 7.94. The van der Waals surface area contributed by atoms with Crippen LogP contribution in [-0.4, -0.2) is 15.3 Å². The molecule has 2 aromatic heterocycles. The molecule has 0 saturated carbocycles. The number of phenolic OH excluding ortho intramolecular Hbond substituents is 1. The average molecular weight is 410 g/mol. The first kappa shape index (κ1) is 16.5. The van der Waals surface area contributed by atoms with Gasteiger partial charge in [-0.2, -0.15) is 0 Å². The molecule has 2 heterocycles. The predicted molar refractivity (Wildman–Crippen MR) is 102 cm³/mol. The molecule has 4 aromatic rings. The van der Waals surface area contributed by atoms with Crippen LogP contribution < -0.4 is 0 Å². The number of halogens is 2. The van der Waals surface area contributed by atoms with Crippen LogP contribution in [0.15, 0.2) is 77.4 Å². The highest BCUT2D eigenvalue weighted by Gasteiger charge is 2.24. The number of phenols is 1. The molecule has 0 bridgehead atoms. The normalized spacial score (nSPS) is 11.0. The molecule has 0 aliphatic rings. The summed E-state index contributed by atoms with van der Waals surface area (Å²) in [7, 11) is 0. The van der Waals surface area contributed by atoms with Crippen LogP contribution in [0.2, 0.25) is 0 Å². The van der Waals surface area contributed by atoms with E-state index in [1.54, 1.807) is 24.3 Å². The SMILES string of the molecule is O=C(c1ccc(O)cc1)c1c(-c2ccc(F)cc2)c(Br)c2ccccn12. The average Bonchev–Trinajstić information content (AvgIpc) is 2.95. The molecule has 0 fully saturated rings. The number of carbonyl (C=O) groups excluding carboxylic acids is 1. The first-order chi connectivity index (χ1) is 12.6. The van der Waals surface area contributed by atoms with Crippen molar-refractivity contribution in [2.45, 2.75) is 0 Å². The zero-order chi connectivity index (χ0) is 18.3. The quantitative estimate of drug-likeness (QED) is 0.457. The standard InChI is InChI=1S/C21H13BrFNO2/c22-19-17-3-1-2-12-24(17)20(18(19)13-4-8-15(23)9-5-13)21(26)14-6-10-16(25)11-7-14/h1-12,25H. The number of hydrogen-bond donors (Lipinski definition) is 1. The number of pyridine rings is 1. The maximum absolute atomic E-state index is 13.4. The monoisotopic (exact) mass is 409 g/mol. The summed E-state index contributed by atoms with van der Waals surface area (Å²) in [4.78, 5) is 13.2. The zero-order valence-corrected chi connectivity index (χ0v) is 15.1. The largest absolute Gasteiger partial charge is 0.508 e. The smallest absolute Gasteiger partial charge is 0.210 e. The second kappa shape index (κ2) is 6.42. The van der Waals surface area contributed by atoms with Gasteiger partial charge in [0.2, 0.25) is 5.78 Å². The van der Waals surface area contributed by atoms with Crippen LogP contribution in [0.4, 0.5) is 4.39 Å². The highest BCUT2D eigenvalue weighted by atomic mass is 79.9. The van der Waals surface area contributed by atoms with E-state index in [2.05, 4.69) is 15.9 Å². The van der Waals surface area contributed by atoms with E-state index >= 15 is 0 Å². The van der Waals surface area contributed by atoms with Gasteiger partial charge in [-0.25, -0.2) is 4.39 Å².